The Morgan fingerprint density at radius 1 is 1.03 bits per heavy atom. The number of nitrogens with one attached hydrogen (secondary N) is 2. The number of rotatable bonds is 5. The van der Waals surface area contributed by atoms with Crippen LogP contribution in [0.3, 0.4) is 0 Å². The molecule has 2 amide bonds. The summed E-state index contributed by atoms with van der Waals surface area (Å²) in [5, 5.41) is 16.5. The first kappa shape index (κ1) is 18.6. The Morgan fingerprint density at radius 3 is 2.48 bits per heavy atom. The fraction of sp³-hybridized carbons (Fsp3) is 0.100. The molecule has 3 heterocycles. The predicted molar refractivity (Wildman–Crippen MR) is 112 cm³/mol. The van der Waals surface area contributed by atoms with Gasteiger partial charge in [-0.25, -0.2) is 9.78 Å². The summed E-state index contributed by atoms with van der Waals surface area (Å²) in [6.45, 7) is 3.92. The highest BCUT2D eigenvalue weighted by atomic mass is 32.1. The molecule has 0 bridgehead atoms. The molecule has 0 aliphatic rings. The highest BCUT2D eigenvalue weighted by molar-refractivity contribution is 7.14. The van der Waals surface area contributed by atoms with Gasteiger partial charge in [-0.2, -0.15) is 0 Å². The van der Waals surface area contributed by atoms with Crippen LogP contribution in [-0.2, 0) is 0 Å². The number of ether oxygens (including phenoxy) is 1. The molecule has 146 valence electrons. The number of carbonyl (C=O) groups is 1. The molecule has 0 saturated heterocycles. The van der Waals surface area contributed by atoms with Crippen molar-refractivity contribution in [1.29, 1.82) is 0 Å². The second kappa shape index (κ2) is 8.11. The van der Waals surface area contributed by atoms with Gasteiger partial charge in [0.05, 0.1) is 10.7 Å². The van der Waals surface area contributed by atoms with E-state index in [2.05, 4.69) is 25.8 Å². The van der Waals surface area contributed by atoms with E-state index in [1.807, 2.05) is 42.0 Å². The third kappa shape index (κ3) is 4.41. The Kier molecular flexibility index (Phi) is 5.21. The van der Waals surface area contributed by atoms with Crippen LogP contribution in [0.4, 0.5) is 15.5 Å². The number of hydrogen-bond acceptors (Lipinski definition) is 6. The van der Waals surface area contributed by atoms with Gasteiger partial charge >= 0.3 is 6.03 Å². The van der Waals surface area contributed by atoms with Gasteiger partial charge in [-0.15, -0.1) is 21.5 Å². The van der Waals surface area contributed by atoms with Crippen LogP contribution in [0.15, 0.2) is 60.2 Å². The number of nitrogens with zero attached hydrogens (tertiary/aromatic N) is 4. The van der Waals surface area contributed by atoms with Gasteiger partial charge in [0.25, 0.3) is 0 Å². The molecule has 0 unspecified atom stereocenters. The van der Waals surface area contributed by atoms with E-state index in [4.69, 9.17) is 4.74 Å². The highest BCUT2D eigenvalue weighted by Crippen LogP contribution is 2.22. The Hall–Kier alpha value is -3.72. The van der Waals surface area contributed by atoms with Crippen LogP contribution in [0.2, 0.25) is 0 Å². The number of carbonyl (C=O) groups excluding carboxylic acids is 1. The van der Waals surface area contributed by atoms with Crippen molar-refractivity contribution in [3.05, 3.63) is 71.6 Å². The molecule has 0 aliphatic carbocycles. The van der Waals surface area contributed by atoms with Crippen molar-refractivity contribution in [3.63, 3.8) is 0 Å². The molecule has 0 aliphatic heterocycles. The fourth-order valence-corrected chi connectivity index (χ4v) is 3.19. The quantitative estimate of drug-likeness (QED) is 0.498. The zero-order valence-electron chi connectivity index (χ0n) is 15.8. The second-order valence-electron chi connectivity index (χ2n) is 6.20. The Labute approximate surface area is 171 Å². The van der Waals surface area contributed by atoms with Crippen molar-refractivity contribution >= 4 is 28.1 Å². The van der Waals surface area contributed by atoms with Gasteiger partial charge in [0.1, 0.15) is 12.1 Å². The maximum absolute atomic E-state index is 12.0. The fourth-order valence-electron chi connectivity index (χ4n) is 2.58. The van der Waals surface area contributed by atoms with Gasteiger partial charge in [-0.3, -0.25) is 9.88 Å². The van der Waals surface area contributed by atoms with Crippen molar-refractivity contribution in [2.45, 2.75) is 13.8 Å². The van der Waals surface area contributed by atoms with Crippen LogP contribution in [0.25, 0.3) is 5.82 Å². The van der Waals surface area contributed by atoms with Crippen LogP contribution < -0.4 is 15.4 Å². The first-order valence-electron chi connectivity index (χ1n) is 8.82. The number of aryl methyl sites for hydroxylation is 1. The highest BCUT2D eigenvalue weighted by Gasteiger charge is 2.08. The number of aromatic nitrogens is 4. The molecule has 0 saturated carbocycles. The number of urea groups is 1. The van der Waals surface area contributed by atoms with Gasteiger partial charge in [0, 0.05) is 17.4 Å². The van der Waals surface area contributed by atoms with Crippen LogP contribution in [0, 0.1) is 13.8 Å². The number of hydrogen-bond donors (Lipinski definition) is 2. The standard InChI is InChI=1S/C20H18N6O2S/c1-13-14(2)26(12-21-13)17-9-10-18(25-24-17)28-16-7-5-15(6-8-16)22-20(27)23-19-4-3-11-29-19/h3-12H,1-2H3,(H2,22,23,27). The van der Waals surface area contributed by atoms with Crippen molar-refractivity contribution in [3.8, 4) is 17.4 Å². The third-order valence-corrected chi connectivity index (χ3v) is 5.00. The minimum atomic E-state index is -0.299. The van der Waals surface area contributed by atoms with Crippen molar-refractivity contribution in [2.75, 3.05) is 10.6 Å². The lowest BCUT2D eigenvalue weighted by molar-refractivity contribution is 0.262. The van der Waals surface area contributed by atoms with E-state index in [-0.39, 0.29) is 6.03 Å². The van der Waals surface area contributed by atoms with Crippen molar-refractivity contribution in [1.82, 2.24) is 19.7 Å². The molecule has 4 rings (SSSR count). The number of amides is 2. The maximum atomic E-state index is 12.0. The molecule has 1 aromatic carbocycles. The van der Waals surface area contributed by atoms with Crippen LogP contribution in [0.1, 0.15) is 11.4 Å². The Balaban J connectivity index is 1.37. The molecule has 0 fully saturated rings. The molecule has 0 radical (unpaired) electrons. The topological polar surface area (TPSA) is 94.0 Å². The monoisotopic (exact) mass is 406 g/mol. The molecular formula is C20H18N6O2S. The molecule has 3 aromatic heterocycles. The van der Waals surface area contributed by atoms with E-state index < -0.39 is 0 Å². The molecule has 4 aromatic rings. The summed E-state index contributed by atoms with van der Waals surface area (Å²) in [6.07, 6.45) is 1.72. The van der Waals surface area contributed by atoms with Crippen LogP contribution >= 0.6 is 11.3 Å². The number of imidazole rings is 1. The Bertz CT molecular complexity index is 1110. The van der Waals surface area contributed by atoms with Gasteiger partial charge in [-0.1, -0.05) is 0 Å². The summed E-state index contributed by atoms with van der Waals surface area (Å²) in [4.78, 5) is 16.2. The summed E-state index contributed by atoms with van der Waals surface area (Å²) in [5.41, 5.74) is 2.61. The smallest absolute Gasteiger partial charge is 0.324 e. The maximum Gasteiger partial charge on any atom is 0.324 e. The van der Waals surface area contributed by atoms with E-state index in [1.54, 1.807) is 36.7 Å². The summed E-state index contributed by atoms with van der Waals surface area (Å²) < 4.78 is 7.59. The normalized spacial score (nSPS) is 10.6. The molecule has 2 N–H and O–H groups in total. The molecule has 0 atom stereocenters. The van der Waals surface area contributed by atoms with E-state index in [9.17, 15) is 4.79 Å². The minimum Gasteiger partial charge on any atom is -0.438 e. The third-order valence-electron chi connectivity index (χ3n) is 4.22. The first-order valence-corrected chi connectivity index (χ1v) is 9.70. The average Bonchev–Trinajstić information content (AvgIpc) is 3.34. The number of benzene rings is 1. The van der Waals surface area contributed by atoms with E-state index >= 15 is 0 Å². The molecule has 8 nitrogen and oxygen atoms in total. The summed E-state index contributed by atoms with van der Waals surface area (Å²) in [5.74, 6) is 1.64. The second-order valence-corrected chi connectivity index (χ2v) is 7.15. The van der Waals surface area contributed by atoms with Crippen molar-refractivity contribution in [2.24, 2.45) is 0 Å². The predicted octanol–water partition coefficient (Wildman–Crippen LogP) is 4.78. The molecule has 0 spiro atoms. The summed E-state index contributed by atoms with van der Waals surface area (Å²) >= 11 is 1.46. The lowest BCUT2D eigenvalue weighted by atomic mass is 10.3. The lowest BCUT2D eigenvalue weighted by Gasteiger charge is -2.08. The largest absolute Gasteiger partial charge is 0.438 e. The molecule has 9 heteroatoms. The Morgan fingerprint density at radius 2 is 1.86 bits per heavy atom. The lowest BCUT2D eigenvalue weighted by Crippen LogP contribution is -2.18. The van der Waals surface area contributed by atoms with Gasteiger partial charge in [-0.05, 0) is 61.7 Å². The van der Waals surface area contributed by atoms with Crippen molar-refractivity contribution < 1.29 is 9.53 Å². The molecule has 29 heavy (non-hydrogen) atoms. The zero-order valence-corrected chi connectivity index (χ0v) is 16.6. The summed E-state index contributed by atoms with van der Waals surface area (Å²) in [7, 11) is 0. The van der Waals surface area contributed by atoms with Gasteiger partial charge < -0.3 is 10.1 Å². The molecular weight excluding hydrogens is 388 g/mol. The average molecular weight is 406 g/mol. The zero-order chi connectivity index (χ0) is 20.2. The van der Waals surface area contributed by atoms with E-state index in [0.29, 0.717) is 23.1 Å². The SMILES string of the molecule is Cc1ncn(-c2ccc(Oc3ccc(NC(=O)Nc4cccs4)cc3)nn2)c1C. The van der Waals surface area contributed by atoms with Crippen LogP contribution in [0.5, 0.6) is 11.6 Å². The van der Waals surface area contributed by atoms with Crippen LogP contribution in [-0.4, -0.2) is 25.8 Å². The van der Waals surface area contributed by atoms with Gasteiger partial charge in [0.15, 0.2) is 5.82 Å². The first-order chi connectivity index (χ1) is 14.1. The number of thiophene rings is 1. The number of anilines is 2. The summed E-state index contributed by atoms with van der Waals surface area (Å²) in [6, 6.07) is 14.0. The van der Waals surface area contributed by atoms with E-state index in [0.717, 1.165) is 16.4 Å². The van der Waals surface area contributed by atoms with Gasteiger partial charge in [0.2, 0.25) is 5.88 Å². The van der Waals surface area contributed by atoms with E-state index in [1.165, 1.54) is 11.3 Å². The minimum absolute atomic E-state index is 0.299.